The van der Waals surface area contributed by atoms with E-state index in [1.807, 2.05) is 32.0 Å². The van der Waals surface area contributed by atoms with E-state index >= 15 is 0 Å². The van der Waals surface area contributed by atoms with Gasteiger partial charge in [-0.05, 0) is 43.8 Å². The lowest BCUT2D eigenvalue weighted by atomic mass is 10.1. The molecular formula is C14H16Cl3N3OS. The molecule has 4 nitrogen and oxygen atoms in total. The minimum Gasteiger partial charge on any atom is -0.339 e. The van der Waals surface area contributed by atoms with E-state index in [1.165, 1.54) is 0 Å². The fourth-order valence-corrected chi connectivity index (χ4v) is 2.20. The van der Waals surface area contributed by atoms with Crippen LogP contribution < -0.4 is 16.0 Å². The van der Waals surface area contributed by atoms with Crippen molar-refractivity contribution in [2.24, 2.45) is 0 Å². The monoisotopic (exact) mass is 379 g/mol. The number of halogens is 3. The number of thiocarbonyl (C=S) groups is 1. The Kier molecular flexibility index (Phi) is 6.94. The Morgan fingerprint density at radius 2 is 1.95 bits per heavy atom. The van der Waals surface area contributed by atoms with Crippen LogP contribution in [0.1, 0.15) is 11.1 Å². The largest absolute Gasteiger partial charge is 0.339 e. The van der Waals surface area contributed by atoms with Crippen molar-refractivity contribution >= 4 is 63.7 Å². The number of nitrogens with one attached hydrogen (secondary N) is 3. The van der Waals surface area contributed by atoms with E-state index in [-0.39, 0.29) is 5.11 Å². The Morgan fingerprint density at radius 3 is 2.45 bits per heavy atom. The molecule has 0 bridgehead atoms. The summed E-state index contributed by atoms with van der Waals surface area (Å²) in [6.45, 7) is 7.29. The second-order valence-electron chi connectivity index (χ2n) is 4.60. The number of aryl methyl sites for hydroxylation is 2. The molecular weight excluding hydrogens is 365 g/mol. The maximum absolute atomic E-state index is 11.4. The molecule has 0 saturated heterocycles. The number of hydrogen-bond acceptors (Lipinski definition) is 2. The molecule has 1 aromatic rings. The van der Waals surface area contributed by atoms with Crippen LogP contribution in [0.25, 0.3) is 0 Å². The van der Waals surface area contributed by atoms with Gasteiger partial charge in [-0.25, -0.2) is 0 Å². The zero-order valence-corrected chi connectivity index (χ0v) is 15.1. The minimum atomic E-state index is -1.78. The summed E-state index contributed by atoms with van der Waals surface area (Å²) in [5, 5.41) is 8.43. The molecule has 3 N–H and O–H groups in total. The van der Waals surface area contributed by atoms with E-state index in [4.69, 9.17) is 47.0 Å². The van der Waals surface area contributed by atoms with Gasteiger partial charge in [0, 0.05) is 5.69 Å². The lowest BCUT2D eigenvalue weighted by molar-refractivity contribution is -0.117. The zero-order valence-electron chi connectivity index (χ0n) is 12.0. The minimum absolute atomic E-state index is 0.215. The first-order chi connectivity index (χ1) is 10.1. The molecule has 1 rings (SSSR count). The van der Waals surface area contributed by atoms with E-state index in [0.29, 0.717) is 0 Å². The van der Waals surface area contributed by atoms with Gasteiger partial charge in [-0.1, -0.05) is 59.1 Å². The number of anilines is 1. The first kappa shape index (κ1) is 19.0. The highest BCUT2D eigenvalue weighted by Crippen LogP contribution is 2.29. The van der Waals surface area contributed by atoms with Crippen molar-refractivity contribution in [3.05, 3.63) is 42.0 Å². The molecule has 22 heavy (non-hydrogen) atoms. The molecule has 0 radical (unpaired) electrons. The Labute approximate surface area is 150 Å². The van der Waals surface area contributed by atoms with Gasteiger partial charge in [0.2, 0.25) is 9.70 Å². The zero-order chi connectivity index (χ0) is 16.9. The van der Waals surface area contributed by atoms with Crippen molar-refractivity contribution < 1.29 is 4.79 Å². The van der Waals surface area contributed by atoms with Crippen molar-refractivity contribution in [3.63, 3.8) is 0 Å². The molecule has 1 amide bonds. The summed E-state index contributed by atoms with van der Waals surface area (Å²) in [7, 11) is 0. The smallest absolute Gasteiger partial charge is 0.245 e. The third-order valence-electron chi connectivity index (χ3n) is 2.70. The van der Waals surface area contributed by atoms with Gasteiger partial charge in [-0.2, -0.15) is 0 Å². The second kappa shape index (κ2) is 8.02. The Morgan fingerprint density at radius 1 is 1.32 bits per heavy atom. The van der Waals surface area contributed by atoms with Gasteiger partial charge < -0.3 is 16.0 Å². The number of hydrogen-bond donors (Lipinski definition) is 3. The van der Waals surface area contributed by atoms with Crippen LogP contribution in [0.3, 0.4) is 0 Å². The predicted octanol–water partition coefficient (Wildman–Crippen LogP) is 3.59. The summed E-state index contributed by atoms with van der Waals surface area (Å²) < 4.78 is -1.78. The van der Waals surface area contributed by atoms with Crippen LogP contribution in [0.4, 0.5) is 5.69 Å². The summed E-state index contributed by atoms with van der Waals surface area (Å²) in [6.07, 6.45) is 0.0693. The predicted molar refractivity (Wildman–Crippen MR) is 97.7 cm³/mol. The molecule has 0 heterocycles. The molecule has 0 aromatic heterocycles. The fourth-order valence-electron chi connectivity index (χ4n) is 1.64. The molecule has 0 unspecified atom stereocenters. The van der Waals surface area contributed by atoms with Crippen molar-refractivity contribution in [1.29, 1.82) is 0 Å². The van der Waals surface area contributed by atoms with Gasteiger partial charge >= 0.3 is 0 Å². The number of amides is 1. The summed E-state index contributed by atoms with van der Waals surface area (Å²) in [4.78, 5) is 11.4. The first-order valence-corrected chi connectivity index (χ1v) is 7.82. The maximum Gasteiger partial charge on any atom is 0.245 e. The Bertz CT molecular complexity index is 587. The fraction of sp³-hybridized carbons (Fsp3) is 0.286. The summed E-state index contributed by atoms with van der Waals surface area (Å²) in [5.41, 5.74) is 2.98. The van der Waals surface area contributed by atoms with E-state index in [1.54, 1.807) is 0 Å². The molecule has 0 aliphatic rings. The van der Waals surface area contributed by atoms with E-state index in [2.05, 4.69) is 22.5 Å². The highest BCUT2D eigenvalue weighted by Gasteiger charge is 2.34. The molecule has 1 atom stereocenters. The first-order valence-electron chi connectivity index (χ1n) is 6.28. The molecule has 0 spiro atoms. The summed E-state index contributed by atoms with van der Waals surface area (Å²) >= 11 is 22.7. The third kappa shape index (κ3) is 6.01. The summed E-state index contributed by atoms with van der Waals surface area (Å²) in [6, 6.07) is 5.85. The highest BCUT2D eigenvalue weighted by molar-refractivity contribution is 7.80. The normalized spacial score (nSPS) is 12.2. The quantitative estimate of drug-likeness (QED) is 0.323. The molecule has 120 valence electrons. The van der Waals surface area contributed by atoms with Gasteiger partial charge in [-0.15, -0.1) is 0 Å². The van der Waals surface area contributed by atoms with Gasteiger partial charge in [0.25, 0.3) is 0 Å². The van der Waals surface area contributed by atoms with Crippen LogP contribution in [0, 0.1) is 13.8 Å². The topological polar surface area (TPSA) is 53.2 Å². The van der Waals surface area contributed by atoms with Gasteiger partial charge in [-0.3, -0.25) is 4.79 Å². The molecule has 1 aromatic carbocycles. The van der Waals surface area contributed by atoms with Gasteiger partial charge in [0.1, 0.15) is 6.17 Å². The SMILES string of the molecule is C=CC(=O)N[C@H](NC(=S)Nc1ccc(C)cc1C)C(Cl)(Cl)Cl. The molecule has 0 aliphatic heterocycles. The average Bonchev–Trinajstić information content (AvgIpc) is 2.40. The Hall–Kier alpha value is -1.01. The number of carbonyl (C=O) groups excluding carboxylic acids is 1. The second-order valence-corrected chi connectivity index (χ2v) is 7.38. The number of alkyl halides is 3. The highest BCUT2D eigenvalue weighted by atomic mass is 35.6. The van der Waals surface area contributed by atoms with Gasteiger partial charge in [0.05, 0.1) is 0 Å². The van der Waals surface area contributed by atoms with E-state index in [9.17, 15) is 4.79 Å². The molecule has 8 heteroatoms. The van der Waals surface area contributed by atoms with Crippen molar-refractivity contribution in [2.45, 2.75) is 23.8 Å². The maximum atomic E-state index is 11.4. The lowest BCUT2D eigenvalue weighted by Gasteiger charge is -2.27. The van der Waals surface area contributed by atoms with Gasteiger partial charge in [0.15, 0.2) is 5.11 Å². The number of carbonyl (C=O) groups is 1. The van der Waals surface area contributed by atoms with E-state index in [0.717, 1.165) is 22.9 Å². The van der Waals surface area contributed by atoms with Crippen LogP contribution >= 0.6 is 47.0 Å². The molecule has 0 aliphatic carbocycles. The summed E-state index contributed by atoms with van der Waals surface area (Å²) in [5.74, 6) is -0.488. The number of benzene rings is 1. The van der Waals surface area contributed by atoms with Crippen molar-refractivity contribution in [2.75, 3.05) is 5.32 Å². The Balaban J connectivity index is 2.78. The van der Waals surface area contributed by atoms with Crippen molar-refractivity contribution in [1.82, 2.24) is 10.6 Å². The third-order valence-corrected chi connectivity index (χ3v) is 3.58. The van der Waals surface area contributed by atoms with Crippen LogP contribution in [0.5, 0.6) is 0 Å². The molecule has 0 saturated carbocycles. The van der Waals surface area contributed by atoms with Crippen molar-refractivity contribution in [3.8, 4) is 0 Å². The lowest BCUT2D eigenvalue weighted by Crippen LogP contribution is -2.55. The molecule has 0 fully saturated rings. The van der Waals surface area contributed by atoms with Crippen LogP contribution in [-0.4, -0.2) is 21.0 Å². The van der Waals surface area contributed by atoms with Crippen LogP contribution in [0.2, 0.25) is 0 Å². The average molecular weight is 381 g/mol. The number of rotatable bonds is 4. The van der Waals surface area contributed by atoms with E-state index < -0.39 is 15.9 Å². The van der Waals surface area contributed by atoms with Crippen LogP contribution in [-0.2, 0) is 4.79 Å². The van der Waals surface area contributed by atoms with Crippen LogP contribution in [0.15, 0.2) is 30.9 Å². The standard InChI is InChI=1S/C14H16Cl3N3OS/c1-4-11(21)19-12(14(15,16)17)20-13(22)18-10-6-5-8(2)7-9(10)3/h4-7,12H,1H2,2-3H3,(H,19,21)(H2,18,20,22)/t12-/m1/s1.